The van der Waals surface area contributed by atoms with Crippen molar-refractivity contribution in [2.24, 2.45) is 5.92 Å². The number of aliphatic hydroxyl groups excluding tert-OH is 1. The van der Waals surface area contributed by atoms with E-state index in [1.807, 2.05) is 31.7 Å². The van der Waals surface area contributed by atoms with Crippen LogP contribution in [0.3, 0.4) is 0 Å². The van der Waals surface area contributed by atoms with Crippen molar-refractivity contribution in [3.05, 3.63) is 12.4 Å². The molecule has 1 amide bonds. The van der Waals surface area contributed by atoms with E-state index >= 15 is 0 Å². The summed E-state index contributed by atoms with van der Waals surface area (Å²) in [5, 5.41) is 12.3. The molecule has 0 radical (unpaired) electrons. The van der Waals surface area contributed by atoms with Gasteiger partial charge in [0.05, 0.1) is 6.54 Å². The number of aliphatic hydroxyl groups is 1. The Kier molecular flexibility index (Phi) is 6.78. The first kappa shape index (κ1) is 18.4. The smallest absolute Gasteiger partial charge is 0.239 e. The number of amides is 1. The predicted octanol–water partition coefficient (Wildman–Crippen LogP) is 1.04. The van der Waals surface area contributed by atoms with Crippen LogP contribution in [0.5, 0.6) is 0 Å². The first-order chi connectivity index (χ1) is 11.5. The van der Waals surface area contributed by atoms with Crippen molar-refractivity contribution in [3.63, 3.8) is 0 Å². The molecule has 1 aliphatic rings. The normalized spacial score (nSPS) is 17.9. The zero-order valence-corrected chi connectivity index (χ0v) is 14.9. The maximum Gasteiger partial charge on any atom is 0.239 e. The lowest BCUT2D eigenvalue weighted by Crippen LogP contribution is -2.41. The highest BCUT2D eigenvalue weighted by molar-refractivity contribution is 5.81. The molecule has 1 aromatic heterocycles. The van der Waals surface area contributed by atoms with Crippen molar-refractivity contribution >= 4 is 17.5 Å². The van der Waals surface area contributed by atoms with Gasteiger partial charge in [-0.1, -0.05) is 0 Å². The van der Waals surface area contributed by atoms with E-state index in [0.29, 0.717) is 12.5 Å². The van der Waals surface area contributed by atoms with Gasteiger partial charge in [-0.25, -0.2) is 9.97 Å². The standard InChI is InChI=1S/C17H29N5O2/c1-4-21(10-17(24)20-13(2)3)15-8-16(19-12-18-15)22-7-5-6-14(9-22)11-23/h8,12-14,23H,4-7,9-11H2,1-3H3,(H,20,24). The van der Waals surface area contributed by atoms with E-state index in [0.717, 1.165) is 37.6 Å². The Balaban J connectivity index is 2.08. The van der Waals surface area contributed by atoms with Gasteiger partial charge < -0.3 is 20.2 Å². The van der Waals surface area contributed by atoms with Crippen molar-refractivity contribution in [2.45, 2.75) is 39.7 Å². The summed E-state index contributed by atoms with van der Waals surface area (Å²) < 4.78 is 0. The second-order valence-electron chi connectivity index (χ2n) is 6.61. The van der Waals surface area contributed by atoms with Gasteiger partial charge in [-0.15, -0.1) is 0 Å². The summed E-state index contributed by atoms with van der Waals surface area (Å²) in [5.74, 6) is 1.91. The lowest BCUT2D eigenvalue weighted by molar-refractivity contribution is -0.120. The van der Waals surface area contributed by atoms with Crippen molar-refractivity contribution in [1.82, 2.24) is 15.3 Å². The van der Waals surface area contributed by atoms with E-state index in [1.165, 1.54) is 0 Å². The van der Waals surface area contributed by atoms with Crippen LogP contribution in [-0.2, 0) is 4.79 Å². The molecule has 1 unspecified atom stereocenters. The molecule has 0 saturated carbocycles. The SMILES string of the molecule is CCN(CC(=O)NC(C)C)c1cc(N2CCCC(CO)C2)ncn1. The predicted molar refractivity (Wildman–Crippen MR) is 95.2 cm³/mol. The third-order valence-electron chi connectivity index (χ3n) is 4.23. The number of hydrogen-bond acceptors (Lipinski definition) is 6. The Morgan fingerprint density at radius 2 is 2.29 bits per heavy atom. The highest BCUT2D eigenvalue weighted by Crippen LogP contribution is 2.23. The number of nitrogens with zero attached hydrogens (tertiary/aromatic N) is 4. The van der Waals surface area contributed by atoms with Gasteiger partial charge in [-0.05, 0) is 39.5 Å². The maximum absolute atomic E-state index is 12.0. The minimum Gasteiger partial charge on any atom is -0.396 e. The van der Waals surface area contributed by atoms with Crippen LogP contribution in [0, 0.1) is 5.92 Å². The van der Waals surface area contributed by atoms with Gasteiger partial charge in [-0.3, -0.25) is 4.79 Å². The quantitative estimate of drug-likeness (QED) is 0.775. The highest BCUT2D eigenvalue weighted by atomic mass is 16.3. The molecule has 0 aromatic carbocycles. The lowest BCUT2D eigenvalue weighted by atomic mass is 9.99. The van der Waals surface area contributed by atoms with E-state index in [-0.39, 0.29) is 25.1 Å². The average molecular weight is 335 g/mol. The highest BCUT2D eigenvalue weighted by Gasteiger charge is 2.21. The van der Waals surface area contributed by atoms with Gasteiger partial charge >= 0.3 is 0 Å². The Bertz CT molecular complexity index is 537. The van der Waals surface area contributed by atoms with Gasteiger partial charge in [0.15, 0.2) is 0 Å². The first-order valence-corrected chi connectivity index (χ1v) is 8.75. The van der Waals surface area contributed by atoms with E-state index in [2.05, 4.69) is 20.2 Å². The monoisotopic (exact) mass is 335 g/mol. The minimum atomic E-state index is -0.00895. The molecule has 1 atom stereocenters. The van der Waals surface area contributed by atoms with Crippen molar-refractivity contribution in [2.75, 3.05) is 42.6 Å². The number of carbonyl (C=O) groups excluding carboxylic acids is 1. The van der Waals surface area contributed by atoms with Crippen LogP contribution in [-0.4, -0.2) is 59.8 Å². The molecule has 24 heavy (non-hydrogen) atoms. The summed E-state index contributed by atoms with van der Waals surface area (Å²) in [4.78, 5) is 24.9. The molecule has 2 rings (SSSR count). The molecular formula is C17H29N5O2. The van der Waals surface area contributed by atoms with Gasteiger partial charge in [0.1, 0.15) is 18.0 Å². The second kappa shape index (κ2) is 8.82. The molecule has 1 aliphatic heterocycles. The Morgan fingerprint density at radius 3 is 2.96 bits per heavy atom. The van der Waals surface area contributed by atoms with Crippen LogP contribution in [0.4, 0.5) is 11.6 Å². The number of hydrogen-bond donors (Lipinski definition) is 2. The molecule has 1 fully saturated rings. The lowest BCUT2D eigenvalue weighted by Gasteiger charge is -2.33. The van der Waals surface area contributed by atoms with E-state index in [9.17, 15) is 9.90 Å². The zero-order chi connectivity index (χ0) is 17.5. The van der Waals surface area contributed by atoms with Crippen molar-refractivity contribution < 1.29 is 9.90 Å². The van der Waals surface area contributed by atoms with Crippen LogP contribution < -0.4 is 15.1 Å². The number of likely N-dealkylation sites (N-methyl/N-ethyl adjacent to an activating group) is 1. The van der Waals surface area contributed by atoms with Gasteiger partial charge in [0.25, 0.3) is 0 Å². The summed E-state index contributed by atoms with van der Waals surface area (Å²) >= 11 is 0. The first-order valence-electron chi connectivity index (χ1n) is 8.75. The van der Waals surface area contributed by atoms with Crippen molar-refractivity contribution in [1.29, 1.82) is 0 Å². The molecule has 7 nitrogen and oxygen atoms in total. The molecule has 0 aliphatic carbocycles. The van der Waals surface area contributed by atoms with Gasteiger partial charge in [0.2, 0.25) is 5.91 Å². The number of rotatable bonds is 7. The summed E-state index contributed by atoms with van der Waals surface area (Å²) in [6.45, 7) is 8.85. The minimum absolute atomic E-state index is 0.00895. The number of nitrogens with one attached hydrogen (secondary N) is 1. The largest absolute Gasteiger partial charge is 0.396 e. The maximum atomic E-state index is 12.0. The summed E-state index contributed by atoms with van der Waals surface area (Å²) in [6, 6.07) is 2.06. The van der Waals surface area contributed by atoms with E-state index in [1.54, 1.807) is 6.33 Å². The number of carbonyl (C=O) groups is 1. The summed E-state index contributed by atoms with van der Waals surface area (Å²) in [5.41, 5.74) is 0. The molecule has 134 valence electrons. The van der Waals surface area contributed by atoms with Crippen LogP contribution in [0.15, 0.2) is 12.4 Å². The Morgan fingerprint density at radius 1 is 1.50 bits per heavy atom. The zero-order valence-electron chi connectivity index (χ0n) is 14.9. The topological polar surface area (TPSA) is 81.6 Å². The van der Waals surface area contributed by atoms with Crippen LogP contribution >= 0.6 is 0 Å². The van der Waals surface area contributed by atoms with Crippen LogP contribution in [0.2, 0.25) is 0 Å². The van der Waals surface area contributed by atoms with E-state index < -0.39 is 0 Å². The fourth-order valence-corrected chi connectivity index (χ4v) is 3.00. The third kappa shape index (κ3) is 5.06. The number of piperidine rings is 1. The Hall–Kier alpha value is -1.89. The molecule has 1 aromatic rings. The molecule has 1 saturated heterocycles. The average Bonchev–Trinajstić information content (AvgIpc) is 2.59. The fraction of sp³-hybridized carbons (Fsp3) is 0.706. The Labute approximate surface area is 144 Å². The molecule has 0 bridgehead atoms. The molecule has 0 spiro atoms. The van der Waals surface area contributed by atoms with Crippen molar-refractivity contribution in [3.8, 4) is 0 Å². The number of anilines is 2. The summed E-state index contributed by atoms with van der Waals surface area (Å²) in [7, 11) is 0. The summed E-state index contributed by atoms with van der Waals surface area (Å²) in [6.07, 6.45) is 3.66. The van der Waals surface area contributed by atoms with Gasteiger partial charge in [-0.2, -0.15) is 0 Å². The molecule has 2 N–H and O–H groups in total. The van der Waals surface area contributed by atoms with E-state index in [4.69, 9.17) is 0 Å². The fourth-order valence-electron chi connectivity index (χ4n) is 3.00. The molecular weight excluding hydrogens is 306 g/mol. The van der Waals surface area contributed by atoms with Crippen LogP contribution in [0.25, 0.3) is 0 Å². The third-order valence-corrected chi connectivity index (χ3v) is 4.23. The molecule has 7 heteroatoms. The molecule has 2 heterocycles. The van der Waals surface area contributed by atoms with Gasteiger partial charge in [0, 0.05) is 38.3 Å². The van der Waals surface area contributed by atoms with Crippen LogP contribution in [0.1, 0.15) is 33.6 Å². The second-order valence-corrected chi connectivity index (χ2v) is 6.61. The number of aromatic nitrogens is 2.